The summed E-state index contributed by atoms with van der Waals surface area (Å²) in [5, 5.41) is 9.80. The van der Waals surface area contributed by atoms with Gasteiger partial charge in [0.15, 0.2) is 11.5 Å². The van der Waals surface area contributed by atoms with Crippen LogP contribution in [0.25, 0.3) is 0 Å². The van der Waals surface area contributed by atoms with Crippen LogP contribution in [-0.2, 0) is 0 Å². The van der Waals surface area contributed by atoms with E-state index in [-0.39, 0.29) is 17.8 Å². The Kier molecular flexibility index (Phi) is 6.41. The van der Waals surface area contributed by atoms with Crippen LogP contribution in [-0.4, -0.2) is 31.3 Å². The topological polar surface area (TPSA) is 101 Å². The van der Waals surface area contributed by atoms with Crippen molar-refractivity contribution in [3.8, 4) is 11.5 Å². The van der Waals surface area contributed by atoms with Crippen molar-refractivity contribution >= 4 is 17.7 Å². The first-order valence-corrected chi connectivity index (χ1v) is 7.25. The number of anilines is 1. The van der Waals surface area contributed by atoms with Crippen LogP contribution >= 0.6 is 0 Å². The average molecular weight is 402 g/mol. The third-order valence-electron chi connectivity index (χ3n) is 3.08. The maximum absolute atomic E-state index is 12.7. The summed E-state index contributed by atoms with van der Waals surface area (Å²) in [4.78, 5) is 12.6. The number of urea groups is 1. The van der Waals surface area contributed by atoms with Gasteiger partial charge < -0.3 is 20.5 Å². The zero-order chi connectivity index (χ0) is 21.2. The first kappa shape index (κ1) is 22.2. The number of amides is 2. The Morgan fingerprint density at radius 2 is 1.70 bits per heavy atom. The molecule has 0 bridgehead atoms. The summed E-state index contributed by atoms with van der Waals surface area (Å²) in [5.41, 5.74) is 4.34. The van der Waals surface area contributed by atoms with E-state index in [9.17, 15) is 31.1 Å². The number of benzene rings is 1. The van der Waals surface area contributed by atoms with Gasteiger partial charge in [-0.05, 0) is 32.4 Å². The fraction of sp³-hybridized carbons (Fsp3) is 0.429. The quantitative estimate of drug-likeness (QED) is 0.408. The van der Waals surface area contributed by atoms with Gasteiger partial charge in [-0.1, -0.05) is 0 Å². The average Bonchev–Trinajstić information content (AvgIpc) is 2.44. The molecule has 7 nitrogen and oxygen atoms in total. The standard InChI is InChI=1S/C14H16F6N4O3/c1-4-23-12(25)24(11(21)22)9-6(2)5-8(26-13(15,16)17)10(7(9)3)27-14(18,19)20/h5H,4H2,1-3H3,(H3,21,22)(H,23,25). The predicted octanol–water partition coefficient (Wildman–Crippen LogP) is 3.53. The zero-order valence-electron chi connectivity index (χ0n) is 14.3. The summed E-state index contributed by atoms with van der Waals surface area (Å²) in [5.74, 6) is -3.43. The molecular weight excluding hydrogens is 386 g/mol. The first-order chi connectivity index (χ1) is 12.2. The van der Waals surface area contributed by atoms with E-state index in [1.54, 1.807) is 0 Å². The monoisotopic (exact) mass is 402 g/mol. The van der Waals surface area contributed by atoms with Crippen molar-refractivity contribution in [3.05, 3.63) is 17.2 Å². The van der Waals surface area contributed by atoms with Gasteiger partial charge in [-0.2, -0.15) is 0 Å². The molecule has 4 N–H and O–H groups in total. The molecule has 0 unspecified atom stereocenters. The Labute approximate surface area is 149 Å². The highest BCUT2D eigenvalue weighted by Gasteiger charge is 2.39. The Morgan fingerprint density at radius 3 is 2.11 bits per heavy atom. The number of alkyl halides is 6. The lowest BCUT2D eigenvalue weighted by atomic mass is 10.1. The number of ether oxygens (including phenoxy) is 2. The number of aryl methyl sites for hydroxylation is 1. The Morgan fingerprint density at radius 1 is 1.19 bits per heavy atom. The van der Waals surface area contributed by atoms with E-state index in [4.69, 9.17) is 11.1 Å². The van der Waals surface area contributed by atoms with Crippen LogP contribution in [0.2, 0.25) is 0 Å². The fourth-order valence-electron chi connectivity index (χ4n) is 2.27. The fourth-order valence-corrected chi connectivity index (χ4v) is 2.27. The first-order valence-electron chi connectivity index (χ1n) is 7.25. The highest BCUT2D eigenvalue weighted by Crippen LogP contribution is 2.44. The van der Waals surface area contributed by atoms with E-state index in [0.29, 0.717) is 11.0 Å². The number of carbonyl (C=O) groups excluding carboxylic acids is 1. The highest BCUT2D eigenvalue weighted by molar-refractivity contribution is 6.15. The lowest BCUT2D eigenvalue weighted by Gasteiger charge is -2.27. The van der Waals surface area contributed by atoms with Crippen LogP contribution < -0.4 is 25.4 Å². The number of guanidine groups is 1. The van der Waals surface area contributed by atoms with Crippen LogP contribution in [0.5, 0.6) is 11.5 Å². The molecule has 0 aromatic heterocycles. The van der Waals surface area contributed by atoms with Crippen molar-refractivity contribution in [2.45, 2.75) is 33.5 Å². The van der Waals surface area contributed by atoms with E-state index in [2.05, 4.69) is 14.8 Å². The number of nitrogens with two attached hydrogens (primary N) is 1. The normalized spacial score (nSPS) is 11.7. The van der Waals surface area contributed by atoms with Gasteiger partial charge in [0.25, 0.3) is 0 Å². The van der Waals surface area contributed by atoms with E-state index < -0.39 is 41.8 Å². The number of nitrogens with one attached hydrogen (secondary N) is 2. The summed E-state index contributed by atoms with van der Waals surface area (Å²) in [6, 6.07) is -0.356. The molecule has 0 aliphatic rings. The minimum absolute atomic E-state index is 0.0991. The van der Waals surface area contributed by atoms with Crippen molar-refractivity contribution in [1.82, 2.24) is 5.32 Å². The van der Waals surface area contributed by atoms with E-state index in [1.807, 2.05) is 0 Å². The molecule has 0 saturated heterocycles. The zero-order valence-corrected chi connectivity index (χ0v) is 14.3. The largest absolute Gasteiger partial charge is 0.573 e. The number of hydrogen-bond donors (Lipinski definition) is 3. The number of hydrogen-bond acceptors (Lipinski definition) is 4. The number of carbonyl (C=O) groups is 1. The van der Waals surface area contributed by atoms with Crippen LogP contribution in [0.15, 0.2) is 6.07 Å². The molecule has 0 saturated carbocycles. The molecule has 2 amide bonds. The molecule has 1 rings (SSSR count). The van der Waals surface area contributed by atoms with Crippen LogP contribution in [0.4, 0.5) is 36.8 Å². The number of rotatable bonds is 4. The molecule has 13 heteroatoms. The second kappa shape index (κ2) is 7.80. The third-order valence-corrected chi connectivity index (χ3v) is 3.08. The van der Waals surface area contributed by atoms with Gasteiger partial charge in [-0.25, -0.2) is 9.69 Å². The molecule has 152 valence electrons. The van der Waals surface area contributed by atoms with Crippen molar-refractivity contribution < 1.29 is 40.6 Å². The van der Waals surface area contributed by atoms with Crippen molar-refractivity contribution in [3.63, 3.8) is 0 Å². The van der Waals surface area contributed by atoms with Crippen molar-refractivity contribution in [2.24, 2.45) is 5.73 Å². The second-order valence-corrected chi connectivity index (χ2v) is 5.15. The third kappa shape index (κ3) is 5.82. The Balaban J connectivity index is 3.69. The highest BCUT2D eigenvalue weighted by atomic mass is 19.4. The molecule has 0 fully saturated rings. The molecule has 1 aromatic carbocycles. The summed E-state index contributed by atoms with van der Waals surface area (Å²) in [7, 11) is 0. The van der Waals surface area contributed by atoms with Gasteiger partial charge in [-0.3, -0.25) is 5.41 Å². The molecule has 27 heavy (non-hydrogen) atoms. The van der Waals surface area contributed by atoms with E-state index >= 15 is 0 Å². The van der Waals surface area contributed by atoms with Gasteiger partial charge in [-0.15, -0.1) is 26.3 Å². The van der Waals surface area contributed by atoms with Gasteiger partial charge in [0.2, 0.25) is 5.96 Å². The molecule has 0 spiro atoms. The summed E-state index contributed by atoms with van der Waals surface area (Å²) < 4.78 is 83.0. The lowest BCUT2D eigenvalue weighted by Crippen LogP contribution is -2.47. The SMILES string of the molecule is CCNC(=O)N(C(=N)N)c1c(C)cc(OC(F)(F)F)c(OC(F)(F)F)c1C. The second-order valence-electron chi connectivity index (χ2n) is 5.15. The van der Waals surface area contributed by atoms with Crippen LogP contribution in [0.1, 0.15) is 18.1 Å². The molecule has 0 radical (unpaired) electrons. The van der Waals surface area contributed by atoms with Gasteiger partial charge in [0.1, 0.15) is 0 Å². The van der Waals surface area contributed by atoms with Gasteiger partial charge >= 0.3 is 18.8 Å². The van der Waals surface area contributed by atoms with E-state index in [1.165, 1.54) is 13.8 Å². The van der Waals surface area contributed by atoms with E-state index in [0.717, 1.165) is 6.92 Å². The minimum atomic E-state index is -5.34. The summed E-state index contributed by atoms with van der Waals surface area (Å²) >= 11 is 0. The molecule has 0 atom stereocenters. The Bertz CT molecular complexity index is 733. The number of nitrogens with zero attached hydrogens (tertiary/aromatic N) is 1. The molecule has 1 aromatic rings. The smallest absolute Gasteiger partial charge is 0.402 e. The summed E-state index contributed by atoms with van der Waals surface area (Å²) in [6.45, 7) is 3.82. The van der Waals surface area contributed by atoms with Crippen molar-refractivity contribution in [1.29, 1.82) is 5.41 Å². The summed E-state index contributed by atoms with van der Waals surface area (Å²) in [6.07, 6.45) is -10.6. The van der Waals surface area contributed by atoms with Gasteiger partial charge in [0, 0.05) is 12.1 Å². The van der Waals surface area contributed by atoms with Gasteiger partial charge in [0.05, 0.1) is 5.69 Å². The molecule has 0 heterocycles. The van der Waals surface area contributed by atoms with Crippen LogP contribution in [0.3, 0.4) is 0 Å². The minimum Gasteiger partial charge on any atom is -0.402 e. The predicted molar refractivity (Wildman–Crippen MR) is 82.7 cm³/mol. The van der Waals surface area contributed by atoms with Crippen molar-refractivity contribution in [2.75, 3.05) is 11.4 Å². The Hall–Kier alpha value is -2.86. The lowest BCUT2D eigenvalue weighted by molar-refractivity contribution is -0.287. The van der Waals surface area contributed by atoms with Crippen LogP contribution in [0, 0.1) is 19.3 Å². The molecule has 0 aliphatic heterocycles. The molecular formula is C14H16F6N4O3. The number of halogens is 6. The maximum Gasteiger partial charge on any atom is 0.573 e. The molecule has 0 aliphatic carbocycles. The maximum atomic E-state index is 12.7.